The molecule has 0 aromatic heterocycles. The lowest BCUT2D eigenvalue weighted by atomic mass is 10.1. The number of nitrogens with one attached hydrogen (secondary N) is 1. The van der Waals surface area contributed by atoms with Crippen molar-refractivity contribution in [2.75, 3.05) is 13.7 Å². The van der Waals surface area contributed by atoms with Gasteiger partial charge in [0.25, 0.3) is 5.91 Å². The van der Waals surface area contributed by atoms with Gasteiger partial charge in [-0.3, -0.25) is 4.79 Å². The van der Waals surface area contributed by atoms with E-state index in [2.05, 4.69) is 5.32 Å². The first-order valence-electron chi connectivity index (χ1n) is 6.97. The second kappa shape index (κ2) is 7.80. The van der Waals surface area contributed by atoms with E-state index in [1.807, 2.05) is 24.3 Å². The summed E-state index contributed by atoms with van der Waals surface area (Å²) in [6, 6.07) is 11.8. The molecule has 0 bridgehead atoms. The normalized spacial score (nSPS) is 10.3. The fourth-order valence-electron chi connectivity index (χ4n) is 2.09. The zero-order chi connectivity index (χ0) is 15.9. The highest BCUT2D eigenvalue weighted by atomic mass is 35.5. The zero-order valence-corrected chi connectivity index (χ0v) is 13.0. The monoisotopic (exact) mass is 321 g/mol. The third kappa shape index (κ3) is 4.21. The molecule has 2 aromatic carbocycles. The Hall–Kier alpha value is -2.07. The molecule has 0 spiro atoms. The van der Waals surface area contributed by atoms with E-state index < -0.39 is 5.82 Å². The van der Waals surface area contributed by atoms with Gasteiger partial charge in [0, 0.05) is 17.1 Å². The van der Waals surface area contributed by atoms with Gasteiger partial charge in [-0.1, -0.05) is 29.8 Å². The summed E-state index contributed by atoms with van der Waals surface area (Å²) in [4.78, 5) is 11.9. The number of carbonyl (C=O) groups is 1. The van der Waals surface area contributed by atoms with Crippen LogP contribution in [0.1, 0.15) is 22.3 Å². The molecule has 0 atom stereocenters. The highest BCUT2D eigenvalue weighted by Crippen LogP contribution is 2.18. The predicted molar refractivity (Wildman–Crippen MR) is 85.1 cm³/mol. The van der Waals surface area contributed by atoms with E-state index in [1.165, 1.54) is 25.3 Å². The number of hydrogen-bond donors (Lipinski definition) is 1. The summed E-state index contributed by atoms with van der Waals surface area (Å²) in [5.74, 6) is -0.734. The third-order valence-corrected chi connectivity index (χ3v) is 3.65. The molecule has 116 valence electrons. The quantitative estimate of drug-likeness (QED) is 0.821. The SMILES string of the molecule is COc1ccc(C(=O)NCCCc2ccccc2Cl)cc1F. The number of methoxy groups -OCH3 is 1. The summed E-state index contributed by atoms with van der Waals surface area (Å²) >= 11 is 6.07. The first-order chi connectivity index (χ1) is 10.6. The molecular formula is C17H17ClFNO2. The predicted octanol–water partition coefficient (Wildman–Crippen LogP) is 3.85. The molecule has 0 fully saturated rings. The molecule has 0 aliphatic carbocycles. The first-order valence-corrected chi connectivity index (χ1v) is 7.34. The minimum Gasteiger partial charge on any atom is -0.494 e. The zero-order valence-electron chi connectivity index (χ0n) is 12.2. The number of carbonyl (C=O) groups excluding carboxylic acids is 1. The average Bonchev–Trinajstić information content (AvgIpc) is 2.52. The second-order valence-electron chi connectivity index (χ2n) is 4.80. The standard InChI is InChI=1S/C17H17ClFNO2/c1-22-16-9-8-13(11-15(16)19)17(21)20-10-4-6-12-5-2-3-7-14(12)18/h2-3,5,7-9,11H,4,6,10H2,1H3,(H,20,21). The molecule has 5 heteroatoms. The minimum absolute atomic E-state index is 0.121. The second-order valence-corrected chi connectivity index (χ2v) is 5.21. The largest absolute Gasteiger partial charge is 0.494 e. The number of hydrogen-bond acceptors (Lipinski definition) is 2. The number of rotatable bonds is 6. The van der Waals surface area contributed by atoms with Crippen LogP contribution in [-0.2, 0) is 6.42 Å². The van der Waals surface area contributed by atoms with Crippen molar-refractivity contribution in [2.45, 2.75) is 12.8 Å². The summed E-state index contributed by atoms with van der Waals surface area (Å²) in [6.07, 6.45) is 1.53. The average molecular weight is 322 g/mol. The first kappa shape index (κ1) is 16.3. The summed E-state index contributed by atoms with van der Waals surface area (Å²) in [5.41, 5.74) is 1.32. The van der Waals surface area contributed by atoms with Crippen LogP contribution in [0.2, 0.25) is 5.02 Å². The minimum atomic E-state index is -0.550. The van der Waals surface area contributed by atoms with Crippen molar-refractivity contribution in [1.29, 1.82) is 0 Å². The van der Waals surface area contributed by atoms with Crippen LogP contribution in [0, 0.1) is 5.82 Å². The lowest BCUT2D eigenvalue weighted by Gasteiger charge is -2.08. The molecule has 0 aliphatic heterocycles. The number of aryl methyl sites for hydroxylation is 1. The van der Waals surface area contributed by atoms with Gasteiger partial charge in [0.2, 0.25) is 0 Å². The van der Waals surface area contributed by atoms with Crippen molar-refractivity contribution in [3.8, 4) is 5.75 Å². The number of ether oxygens (including phenoxy) is 1. The lowest BCUT2D eigenvalue weighted by molar-refractivity contribution is 0.0952. The van der Waals surface area contributed by atoms with Crippen LogP contribution in [0.4, 0.5) is 4.39 Å². The Bertz CT molecular complexity index is 661. The molecule has 22 heavy (non-hydrogen) atoms. The van der Waals surface area contributed by atoms with Crippen molar-refractivity contribution in [3.63, 3.8) is 0 Å². The van der Waals surface area contributed by atoms with Gasteiger partial charge in [-0.05, 0) is 42.7 Å². The lowest BCUT2D eigenvalue weighted by Crippen LogP contribution is -2.24. The van der Waals surface area contributed by atoms with Crippen LogP contribution in [0.5, 0.6) is 5.75 Å². The highest BCUT2D eigenvalue weighted by Gasteiger charge is 2.09. The van der Waals surface area contributed by atoms with Crippen LogP contribution in [0.3, 0.4) is 0 Å². The number of benzene rings is 2. The van der Waals surface area contributed by atoms with Gasteiger partial charge in [-0.2, -0.15) is 0 Å². The molecule has 1 amide bonds. The Kier molecular flexibility index (Phi) is 5.78. The molecule has 0 radical (unpaired) electrons. The van der Waals surface area contributed by atoms with Gasteiger partial charge >= 0.3 is 0 Å². The van der Waals surface area contributed by atoms with Gasteiger partial charge in [0.05, 0.1) is 7.11 Å². The van der Waals surface area contributed by atoms with E-state index in [-0.39, 0.29) is 17.2 Å². The molecule has 0 aliphatic rings. The van der Waals surface area contributed by atoms with Crippen molar-refractivity contribution < 1.29 is 13.9 Å². The van der Waals surface area contributed by atoms with E-state index >= 15 is 0 Å². The van der Waals surface area contributed by atoms with Crippen molar-refractivity contribution in [2.24, 2.45) is 0 Å². The van der Waals surface area contributed by atoms with Gasteiger partial charge in [-0.15, -0.1) is 0 Å². The third-order valence-electron chi connectivity index (χ3n) is 3.28. The highest BCUT2D eigenvalue weighted by molar-refractivity contribution is 6.31. The van der Waals surface area contributed by atoms with Crippen LogP contribution >= 0.6 is 11.6 Å². The van der Waals surface area contributed by atoms with Crippen molar-refractivity contribution in [3.05, 3.63) is 64.4 Å². The molecule has 0 unspecified atom stereocenters. The Morgan fingerprint density at radius 1 is 1.27 bits per heavy atom. The maximum atomic E-state index is 13.5. The summed E-state index contributed by atoms with van der Waals surface area (Å²) < 4.78 is 18.4. The summed E-state index contributed by atoms with van der Waals surface area (Å²) in [5, 5.41) is 3.49. The Morgan fingerprint density at radius 3 is 2.73 bits per heavy atom. The molecule has 1 N–H and O–H groups in total. The van der Waals surface area contributed by atoms with E-state index in [9.17, 15) is 9.18 Å². The topological polar surface area (TPSA) is 38.3 Å². The summed E-state index contributed by atoms with van der Waals surface area (Å²) in [6.45, 7) is 0.498. The van der Waals surface area contributed by atoms with Crippen LogP contribution in [0.15, 0.2) is 42.5 Å². The van der Waals surface area contributed by atoms with E-state index in [0.717, 1.165) is 23.4 Å². The maximum Gasteiger partial charge on any atom is 0.251 e. The van der Waals surface area contributed by atoms with Crippen molar-refractivity contribution >= 4 is 17.5 Å². The van der Waals surface area contributed by atoms with E-state index in [1.54, 1.807) is 0 Å². The van der Waals surface area contributed by atoms with Gasteiger partial charge < -0.3 is 10.1 Å². The fourth-order valence-corrected chi connectivity index (χ4v) is 2.32. The molecular weight excluding hydrogens is 305 g/mol. The molecule has 0 heterocycles. The van der Waals surface area contributed by atoms with E-state index in [0.29, 0.717) is 6.54 Å². The molecule has 0 saturated carbocycles. The number of amides is 1. The Morgan fingerprint density at radius 2 is 2.05 bits per heavy atom. The number of halogens is 2. The maximum absolute atomic E-state index is 13.5. The summed E-state index contributed by atoms with van der Waals surface area (Å²) in [7, 11) is 1.38. The van der Waals surface area contributed by atoms with Gasteiger partial charge in [0.15, 0.2) is 11.6 Å². The van der Waals surface area contributed by atoms with Crippen LogP contribution in [0.25, 0.3) is 0 Å². The molecule has 2 aromatic rings. The smallest absolute Gasteiger partial charge is 0.251 e. The Balaban J connectivity index is 1.83. The molecule has 3 nitrogen and oxygen atoms in total. The molecule has 0 saturated heterocycles. The fraction of sp³-hybridized carbons (Fsp3) is 0.235. The Labute approximate surface area is 134 Å². The van der Waals surface area contributed by atoms with E-state index in [4.69, 9.17) is 16.3 Å². The van der Waals surface area contributed by atoms with Gasteiger partial charge in [0.1, 0.15) is 0 Å². The molecule has 2 rings (SSSR count). The van der Waals surface area contributed by atoms with Gasteiger partial charge in [-0.25, -0.2) is 4.39 Å². The van der Waals surface area contributed by atoms with Crippen LogP contribution in [-0.4, -0.2) is 19.6 Å². The van der Waals surface area contributed by atoms with Crippen molar-refractivity contribution in [1.82, 2.24) is 5.32 Å². The van der Waals surface area contributed by atoms with Crippen LogP contribution < -0.4 is 10.1 Å².